The van der Waals surface area contributed by atoms with Crippen LogP contribution in [0.2, 0.25) is 0 Å². The van der Waals surface area contributed by atoms with Crippen LogP contribution in [-0.2, 0) is 13.0 Å². The Bertz CT molecular complexity index is 1100. The van der Waals surface area contributed by atoms with Crippen LogP contribution in [0.15, 0.2) is 11.2 Å². The second-order valence-corrected chi connectivity index (χ2v) is 9.59. The highest BCUT2D eigenvalue weighted by molar-refractivity contribution is 7.99. The lowest BCUT2D eigenvalue weighted by Gasteiger charge is -2.16. The summed E-state index contributed by atoms with van der Waals surface area (Å²) in [4.78, 5) is 13.7. The molecule has 1 aliphatic rings. The van der Waals surface area contributed by atoms with Gasteiger partial charge < -0.3 is 15.8 Å². The predicted molar refractivity (Wildman–Crippen MR) is 125 cm³/mol. The summed E-state index contributed by atoms with van der Waals surface area (Å²) >= 11 is 1.73. The molecule has 4 rings (SSSR count). The number of hydrogen-bond acceptors (Lipinski definition) is 8. The summed E-state index contributed by atoms with van der Waals surface area (Å²) in [5.74, 6) is 2.76. The van der Waals surface area contributed by atoms with Gasteiger partial charge in [-0.25, -0.2) is 9.67 Å². The average molecular weight is 442 g/mol. The van der Waals surface area contributed by atoms with Crippen LogP contribution in [0.1, 0.15) is 42.8 Å². The molecule has 9 heteroatoms. The second kappa shape index (κ2) is 9.00. The largest absolute Gasteiger partial charge is 0.496 e. The van der Waals surface area contributed by atoms with E-state index in [-0.39, 0.29) is 5.95 Å². The van der Waals surface area contributed by atoms with Crippen molar-refractivity contribution in [3.63, 3.8) is 0 Å². The van der Waals surface area contributed by atoms with Gasteiger partial charge in [-0.3, -0.25) is 4.98 Å². The van der Waals surface area contributed by atoms with Crippen LogP contribution >= 0.6 is 11.8 Å². The van der Waals surface area contributed by atoms with Crippen molar-refractivity contribution in [2.75, 3.05) is 25.1 Å². The molecule has 0 saturated carbocycles. The quantitative estimate of drug-likeness (QED) is 0.539. The van der Waals surface area contributed by atoms with E-state index in [1.54, 1.807) is 18.9 Å². The molecule has 4 heterocycles. The Morgan fingerprint density at radius 2 is 2.13 bits per heavy atom. The van der Waals surface area contributed by atoms with E-state index >= 15 is 0 Å². The van der Waals surface area contributed by atoms with Crippen LogP contribution in [0, 0.1) is 19.8 Å². The molecular formula is C22H31N7OS. The van der Waals surface area contributed by atoms with Gasteiger partial charge in [0.1, 0.15) is 10.8 Å². The number of rotatable bonds is 7. The normalized spacial score (nSPS) is 16.1. The first-order valence-corrected chi connectivity index (χ1v) is 11.7. The molecule has 0 fully saturated rings. The number of nitrogen functional groups attached to an aromatic ring is 1. The van der Waals surface area contributed by atoms with Crippen molar-refractivity contribution >= 4 is 28.7 Å². The smallest absolute Gasteiger partial charge is 0.223 e. The molecule has 166 valence electrons. The van der Waals surface area contributed by atoms with Gasteiger partial charge in [-0.1, -0.05) is 13.8 Å². The number of hydrogen-bond donors (Lipinski definition) is 2. The SMILES string of the molecule is COc1c(C)cnc(Cn2nc3c4c(nc(N)nc42)SCC(NCCC(C)C)C3)c1C. The van der Waals surface area contributed by atoms with Crippen LogP contribution in [-0.4, -0.2) is 50.2 Å². The fourth-order valence-electron chi connectivity index (χ4n) is 4.04. The zero-order valence-electron chi connectivity index (χ0n) is 18.9. The standard InChI is InChI=1S/C22H31N7OS/c1-12(2)6-7-24-15-8-16-18-20(26-22(23)27-21(18)31-11-15)29(28-16)10-17-14(4)19(30-5)13(3)9-25-17/h9,12,15,24H,6-8,10-11H2,1-5H3,(H2,23,26,27). The van der Waals surface area contributed by atoms with Gasteiger partial charge in [0, 0.05) is 35.5 Å². The van der Waals surface area contributed by atoms with Gasteiger partial charge in [0.05, 0.1) is 30.4 Å². The molecule has 1 aliphatic heterocycles. The minimum Gasteiger partial charge on any atom is -0.496 e. The Morgan fingerprint density at radius 1 is 1.32 bits per heavy atom. The number of nitrogens with two attached hydrogens (primary N) is 1. The molecule has 3 aromatic heterocycles. The number of methoxy groups -OCH3 is 1. The van der Waals surface area contributed by atoms with Crippen LogP contribution in [0.4, 0.5) is 5.95 Å². The van der Waals surface area contributed by atoms with E-state index in [2.05, 4.69) is 34.1 Å². The fourth-order valence-corrected chi connectivity index (χ4v) is 5.14. The summed E-state index contributed by atoms with van der Waals surface area (Å²) in [6, 6.07) is 0.338. The van der Waals surface area contributed by atoms with Crippen LogP contribution in [0.5, 0.6) is 5.75 Å². The third-order valence-electron chi connectivity index (χ3n) is 5.71. The minimum atomic E-state index is 0.278. The Hall–Kier alpha value is -2.39. The van der Waals surface area contributed by atoms with Gasteiger partial charge in [0.2, 0.25) is 5.95 Å². The topological polar surface area (TPSA) is 104 Å². The monoisotopic (exact) mass is 441 g/mol. The van der Waals surface area contributed by atoms with Crippen LogP contribution in [0.25, 0.3) is 11.0 Å². The number of aryl methyl sites for hydroxylation is 1. The molecule has 31 heavy (non-hydrogen) atoms. The molecular weight excluding hydrogens is 410 g/mol. The second-order valence-electron chi connectivity index (χ2n) is 8.58. The van der Waals surface area contributed by atoms with E-state index in [0.29, 0.717) is 18.5 Å². The van der Waals surface area contributed by atoms with E-state index in [9.17, 15) is 0 Å². The number of thioether (sulfide) groups is 1. The highest BCUT2D eigenvalue weighted by atomic mass is 32.2. The van der Waals surface area contributed by atoms with Crippen molar-refractivity contribution in [1.82, 2.24) is 30.0 Å². The number of anilines is 1. The Kier molecular flexibility index (Phi) is 6.34. The van der Waals surface area contributed by atoms with Crippen LogP contribution in [0.3, 0.4) is 0 Å². The van der Waals surface area contributed by atoms with Gasteiger partial charge in [0.25, 0.3) is 0 Å². The lowest BCUT2D eigenvalue weighted by molar-refractivity contribution is 0.406. The maximum atomic E-state index is 6.06. The molecule has 1 atom stereocenters. The molecule has 0 amide bonds. The van der Waals surface area contributed by atoms with Crippen molar-refractivity contribution in [3.05, 3.63) is 28.7 Å². The maximum Gasteiger partial charge on any atom is 0.223 e. The first-order valence-electron chi connectivity index (χ1n) is 10.8. The Morgan fingerprint density at radius 3 is 2.87 bits per heavy atom. The Labute approximate surface area is 187 Å². The molecule has 0 aliphatic carbocycles. The van der Waals surface area contributed by atoms with E-state index in [4.69, 9.17) is 15.6 Å². The lowest BCUT2D eigenvalue weighted by Crippen LogP contribution is -2.34. The molecule has 1 unspecified atom stereocenters. The Balaban J connectivity index is 1.69. The van der Waals surface area contributed by atoms with E-state index in [1.165, 1.54) is 0 Å². The van der Waals surface area contributed by atoms with Crippen molar-refractivity contribution < 1.29 is 4.74 Å². The summed E-state index contributed by atoms with van der Waals surface area (Å²) in [6.07, 6.45) is 3.85. The molecule has 0 aromatic carbocycles. The summed E-state index contributed by atoms with van der Waals surface area (Å²) in [5.41, 5.74) is 10.8. The first-order chi connectivity index (χ1) is 14.9. The number of pyridine rings is 1. The lowest BCUT2D eigenvalue weighted by atomic mass is 10.1. The summed E-state index contributed by atoms with van der Waals surface area (Å²) in [5, 5.41) is 10.6. The first kappa shape index (κ1) is 21.8. The number of aromatic nitrogens is 5. The van der Waals surface area contributed by atoms with E-state index in [0.717, 1.165) is 69.5 Å². The molecule has 8 nitrogen and oxygen atoms in total. The molecule has 3 N–H and O–H groups in total. The minimum absolute atomic E-state index is 0.278. The molecule has 3 aromatic rings. The number of nitrogens with one attached hydrogen (secondary N) is 1. The summed E-state index contributed by atoms with van der Waals surface area (Å²) < 4.78 is 7.48. The van der Waals surface area contributed by atoms with E-state index < -0.39 is 0 Å². The van der Waals surface area contributed by atoms with Crippen molar-refractivity contribution in [3.8, 4) is 5.75 Å². The highest BCUT2D eigenvalue weighted by Crippen LogP contribution is 2.34. The summed E-state index contributed by atoms with van der Waals surface area (Å²) in [6.45, 7) is 10.0. The van der Waals surface area contributed by atoms with Gasteiger partial charge >= 0.3 is 0 Å². The van der Waals surface area contributed by atoms with Gasteiger partial charge in [-0.15, -0.1) is 11.8 Å². The molecule has 0 spiro atoms. The third-order valence-corrected chi connectivity index (χ3v) is 6.85. The maximum absolute atomic E-state index is 6.06. The van der Waals surface area contributed by atoms with Crippen molar-refractivity contribution in [1.29, 1.82) is 0 Å². The third kappa shape index (κ3) is 4.48. The number of ether oxygens (including phenoxy) is 1. The molecule has 0 saturated heterocycles. The molecule has 0 bridgehead atoms. The predicted octanol–water partition coefficient (Wildman–Crippen LogP) is 3.13. The van der Waals surface area contributed by atoms with Crippen LogP contribution < -0.4 is 15.8 Å². The average Bonchev–Trinajstić information content (AvgIpc) is 2.94. The highest BCUT2D eigenvalue weighted by Gasteiger charge is 2.26. The van der Waals surface area contributed by atoms with Gasteiger partial charge in [0.15, 0.2) is 5.65 Å². The number of nitrogens with zero attached hydrogens (tertiary/aromatic N) is 5. The van der Waals surface area contributed by atoms with Crippen molar-refractivity contribution in [2.45, 2.75) is 58.1 Å². The zero-order valence-corrected chi connectivity index (χ0v) is 19.7. The van der Waals surface area contributed by atoms with Crippen molar-refractivity contribution in [2.24, 2.45) is 5.92 Å². The zero-order chi connectivity index (χ0) is 22.1. The summed E-state index contributed by atoms with van der Waals surface area (Å²) in [7, 11) is 1.69. The van der Waals surface area contributed by atoms with E-state index in [1.807, 2.05) is 24.7 Å². The molecule has 0 radical (unpaired) electrons. The van der Waals surface area contributed by atoms with Gasteiger partial charge in [-0.2, -0.15) is 10.1 Å². The van der Waals surface area contributed by atoms with Gasteiger partial charge in [-0.05, 0) is 32.7 Å². The fraction of sp³-hybridized carbons (Fsp3) is 0.545.